The van der Waals surface area contributed by atoms with Gasteiger partial charge in [0.25, 0.3) is 0 Å². The fourth-order valence-corrected chi connectivity index (χ4v) is 2.37. The lowest BCUT2D eigenvalue weighted by Crippen LogP contribution is -2.46. The number of nitrogens with two attached hydrogens (primary N) is 1. The molecule has 0 spiro atoms. The van der Waals surface area contributed by atoms with Crippen LogP contribution in [0.5, 0.6) is 0 Å². The first-order valence-corrected chi connectivity index (χ1v) is 7.10. The Morgan fingerprint density at radius 3 is 2.67 bits per heavy atom. The number of carbonyl (C=O) groups is 1. The molecule has 1 rings (SSSR count). The molecule has 1 aliphatic rings. The van der Waals surface area contributed by atoms with Crippen LogP contribution in [0.2, 0.25) is 0 Å². The monoisotopic (exact) mass is 257 g/mol. The zero-order valence-corrected chi connectivity index (χ0v) is 11.7. The Labute approximate surface area is 110 Å². The highest BCUT2D eigenvalue weighted by molar-refractivity contribution is 5.79. The molecule has 1 unspecified atom stereocenters. The summed E-state index contributed by atoms with van der Waals surface area (Å²) in [6, 6.07) is 0. The highest BCUT2D eigenvalue weighted by atomic mass is 16.5. The Kier molecular flexibility index (Phi) is 6.65. The minimum Gasteiger partial charge on any atom is -0.465 e. The first kappa shape index (κ1) is 15.4. The Balaban J connectivity index is 2.06. The second-order valence-corrected chi connectivity index (χ2v) is 5.47. The number of esters is 1. The van der Waals surface area contributed by atoms with E-state index in [1.54, 1.807) is 13.8 Å². The van der Waals surface area contributed by atoms with Crippen molar-refractivity contribution in [3.8, 4) is 0 Å². The summed E-state index contributed by atoms with van der Waals surface area (Å²) in [5.74, 6) is 0.431. The van der Waals surface area contributed by atoms with Crippen LogP contribution in [-0.4, -0.2) is 31.3 Å². The van der Waals surface area contributed by atoms with Crippen LogP contribution in [0.3, 0.4) is 0 Å². The van der Waals surface area contributed by atoms with Crippen molar-refractivity contribution in [1.29, 1.82) is 0 Å². The zero-order valence-electron chi connectivity index (χ0n) is 11.7. The van der Waals surface area contributed by atoms with Crippen LogP contribution in [0.25, 0.3) is 0 Å². The lowest BCUT2D eigenvalue weighted by Gasteiger charge is -2.22. The summed E-state index contributed by atoms with van der Waals surface area (Å²) < 4.78 is 10.6. The average Bonchev–Trinajstić information content (AvgIpc) is 2.82. The molecule has 4 nitrogen and oxygen atoms in total. The van der Waals surface area contributed by atoms with Crippen LogP contribution in [-0.2, 0) is 14.3 Å². The molecular weight excluding hydrogens is 230 g/mol. The second kappa shape index (κ2) is 7.74. The molecule has 0 aromatic heterocycles. The quantitative estimate of drug-likeness (QED) is 0.535. The molecule has 1 atom stereocenters. The van der Waals surface area contributed by atoms with Crippen molar-refractivity contribution in [2.75, 3.05) is 19.8 Å². The van der Waals surface area contributed by atoms with Gasteiger partial charge in [-0.25, -0.2) is 0 Å². The molecular formula is C14H27NO3. The van der Waals surface area contributed by atoms with Gasteiger partial charge < -0.3 is 15.2 Å². The summed E-state index contributed by atoms with van der Waals surface area (Å²) in [6.07, 6.45) is 6.71. The maximum absolute atomic E-state index is 11.5. The molecule has 2 N–H and O–H groups in total. The third kappa shape index (κ3) is 5.36. The maximum Gasteiger partial charge on any atom is 0.325 e. The van der Waals surface area contributed by atoms with Gasteiger partial charge in [0.05, 0.1) is 6.61 Å². The number of ether oxygens (including phenoxy) is 2. The van der Waals surface area contributed by atoms with E-state index >= 15 is 0 Å². The zero-order chi connectivity index (χ0) is 13.4. The van der Waals surface area contributed by atoms with Crippen molar-refractivity contribution in [2.24, 2.45) is 11.7 Å². The van der Waals surface area contributed by atoms with Gasteiger partial charge in [0.1, 0.15) is 5.54 Å². The first-order chi connectivity index (χ1) is 8.56. The molecule has 106 valence electrons. The molecule has 0 saturated heterocycles. The van der Waals surface area contributed by atoms with Crippen LogP contribution >= 0.6 is 0 Å². The number of hydrogen-bond donors (Lipinski definition) is 1. The minimum absolute atomic E-state index is 0.319. The molecule has 1 saturated carbocycles. The number of hydrogen-bond acceptors (Lipinski definition) is 4. The van der Waals surface area contributed by atoms with Crippen molar-refractivity contribution in [3.05, 3.63) is 0 Å². The van der Waals surface area contributed by atoms with Crippen molar-refractivity contribution < 1.29 is 14.3 Å². The molecule has 18 heavy (non-hydrogen) atoms. The van der Waals surface area contributed by atoms with Crippen molar-refractivity contribution in [2.45, 2.75) is 57.9 Å². The summed E-state index contributed by atoms with van der Waals surface area (Å²) in [7, 11) is 0. The number of carbonyl (C=O) groups excluding carboxylic acids is 1. The third-order valence-corrected chi connectivity index (χ3v) is 3.55. The Morgan fingerprint density at radius 2 is 2.06 bits per heavy atom. The van der Waals surface area contributed by atoms with E-state index in [1.165, 1.54) is 25.7 Å². The van der Waals surface area contributed by atoms with Gasteiger partial charge in [-0.2, -0.15) is 0 Å². The SMILES string of the molecule is CCOC(=O)C(C)(N)CCCOCC1CCCC1. The number of rotatable bonds is 8. The van der Waals surface area contributed by atoms with Gasteiger partial charge >= 0.3 is 5.97 Å². The van der Waals surface area contributed by atoms with E-state index in [2.05, 4.69) is 0 Å². The van der Waals surface area contributed by atoms with E-state index < -0.39 is 5.54 Å². The summed E-state index contributed by atoms with van der Waals surface area (Å²) >= 11 is 0. The Bertz CT molecular complexity index is 247. The molecule has 4 heteroatoms. The summed E-state index contributed by atoms with van der Waals surface area (Å²) in [6.45, 7) is 5.44. The second-order valence-electron chi connectivity index (χ2n) is 5.47. The van der Waals surface area contributed by atoms with Gasteiger partial charge in [0, 0.05) is 13.2 Å². The van der Waals surface area contributed by atoms with Gasteiger partial charge in [0.15, 0.2) is 0 Å². The van der Waals surface area contributed by atoms with Crippen LogP contribution < -0.4 is 5.73 Å². The predicted molar refractivity (Wildman–Crippen MR) is 71.2 cm³/mol. The largest absolute Gasteiger partial charge is 0.465 e. The van der Waals surface area contributed by atoms with Gasteiger partial charge in [-0.1, -0.05) is 12.8 Å². The standard InChI is InChI=1S/C14H27NO3/c1-3-18-13(16)14(2,15)9-6-10-17-11-12-7-4-5-8-12/h12H,3-11,15H2,1-2H3. The summed E-state index contributed by atoms with van der Waals surface area (Å²) in [5, 5.41) is 0. The van der Waals surface area contributed by atoms with E-state index in [1.807, 2.05) is 0 Å². The minimum atomic E-state index is -0.882. The highest BCUT2D eigenvalue weighted by Crippen LogP contribution is 2.24. The lowest BCUT2D eigenvalue weighted by atomic mass is 9.98. The van der Waals surface area contributed by atoms with Crippen molar-refractivity contribution in [1.82, 2.24) is 0 Å². The van der Waals surface area contributed by atoms with E-state index in [9.17, 15) is 4.79 Å². The maximum atomic E-state index is 11.5. The molecule has 0 amide bonds. The first-order valence-electron chi connectivity index (χ1n) is 7.10. The van der Waals surface area contributed by atoms with E-state index in [-0.39, 0.29) is 5.97 Å². The van der Waals surface area contributed by atoms with Crippen LogP contribution in [0.4, 0.5) is 0 Å². The molecule has 1 fully saturated rings. The molecule has 0 heterocycles. The van der Waals surface area contributed by atoms with Gasteiger partial charge in [-0.3, -0.25) is 4.79 Å². The molecule has 0 bridgehead atoms. The van der Waals surface area contributed by atoms with E-state index in [4.69, 9.17) is 15.2 Å². The van der Waals surface area contributed by atoms with Gasteiger partial charge in [-0.05, 0) is 45.4 Å². The topological polar surface area (TPSA) is 61.5 Å². The smallest absolute Gasteiger partial charge is 0.325 e. The van der Waals surface area contributed by atoms with Crippen molar-refractivity contribution in [3.63, 3.8) is 0 Å². The fraction of sp³-hybridized carbons (Fsp3) is 0.929. The third-order valence-electron chi connectivity index (χ3n) is 3.55. The van der Waals surface area contributed by atoms with E-state index in [0.717, 1.165) is 18.9 Å². The van der Waals surface area contributed by atoms with Crippen LogP contribution in [0, 0.1) is 5.92 Å². The van der Waals surface area contributed by atoms with Gasteiger partial charge in [0.2, 0.25) is 0 Å². The molecule has 0 aromatic carbocycles. The lowest BCUT2D eigenvalue weighted by molar-refractivity contribution is -0.149. The average molecular weight is 257 g/mol. The summed E-state index contributed by atoms with van der Waals surface area (Å²) in [5.41, 5.74) is 5.04. The molecule has 0 aliphatic heterocycles. The van der Waals surface area contributed by atoms with Crippen LogP contribution in [0.15, 0.2) is 0 Å². The van der Waals surface area contributed by atoms with E-state index in [0.29, 0.717) is 19.6 Å². The Morgan fingerprint density at radius 1 is 1.39 bits per heavy atom. The highest BCUT2D eigenvalue weighted by Gasteiger charge is 2.29. The molecule has 0 aromatic rings. The van der Waals surface area contributed by atoms with Crippen LogP contribution in [0.1, 0.15) is 52.4 Å². The summed E-state index contributed by atoms with van der Waals surface area (Å²) in [4.78, 5) is 11.5. The predicted octanol–water partition coefficient (Wildman–Crippen LogP) is 2.25. The van der Waals surface area contributed by atoms with Gasteiger partial charge in [-0.15, -0.1) is 0 Å². The fourth-order valence-electron chi connectivity index (χ4n) is 2.37. The van der Waals surface area contributed by atoms with Crippen molar-refractivity contribution >= 4 is 5.97 Å². The Hall–Kier alpha value is -0.610. The normalized spacial score (nSPS) is 19.7. The molecule has 0 radical (unpaired) electrons. The molecule has 1 aliphatic carbocycles.